The topological polar surface area (TPSA) is 44.8 Å². The Morgan fingerprint density at radius 2 is 2.19 bits per heavy atom. The van der Waals surface area contributed by atoms with Gasteiger partial charge in [-0.2, -0.15) is 0 Å². The number of morpholine rings is 1. The molecule has 0 radical (unpaired) electrons. The van der Waals surface area contributed by atoms with Gasteiger partial charge in [0, 0.05) is 35.4 Å². The first-order chi connectivity index (χ1) is 10.1. The average Bonchev–Trinajstić information content (AvgIpc) is 3.06. The highest BCUT2D eigenvalue weighted by atomic mass is 32.1. The summed E-state index contributed by atoms with van der Waals surface area (Å²) in [7, 11) is 0. The van der Waals surface area contributed by atoms with Crippen LogP contribution in [0.15, 0.2) is 12.1 Å². The molecule has 0 aromatic carbocycles. The molecule has 0 saturated carbocycles. The highest BCUT2D eigenvalue weighted by molar-refractivity contribution is 7.12. The summed E-state index contributed by atoms with van der Waals surface area (Å²) >= 11 is 1.76. The Hall–Kier alpha value is -0.950. The second-order valence-corrected chi connectivity index (χ2v) is 7.11. The van der Waals surface area contributed by atoms with Gasteiger partial charge in [-0.3, -0.25) is 15.0 Å². The summed E-state index contributed by atoms with van der Waals surface area (Å²) in [6, 6.07) is 4.46. The quantitative estimate of drug-likeness (QED) is 0.908. The number of rotatable bonds is 4. The molecule has 2 aliphatic rings. The van der Waals surface area contributed by atoms with E-state index < -0.39 is 0 Å². The lowest BCUT2D eigenvalue weighted by Gasteiger charge is -2.35. The van der Waals surface area contributed by atoms with Crippen molar-refractivity contribution in [1.82, 2.24) is 15.1 Å². The fraction of sp³-hybridized carbons (Fsp3) is 0.667. The molecule has 2 saturated heterocycles. The normalized spacial score (nSPS) is 25.5. The molecular formula is C15H23N3O2S. The van der Waals surface area contributed by atoms with Crippen molar-refractivity contribution in [3.8, 4) is 0 Å². The monoisotopic (exact) mass is 309 g/mol. The van der Waals surface area contributed by atoms with Crippen LogP contribution in [-0.2, 0) is 9.53 Å². The van der Waals surface area contributed by atoms with Crippen LogP contribution in [0.2, 0.25) is 0 Å². The van der Waals surface area contributed by atoms with Crippen LogP contribution in [0.4, 0.5) is 0 Å². The number of nitrogens with zero attached hydrogens (tertiary/aromatic N) is 2. The van der Waals surface area contributed by atoms with Crippen LogP contribution >= 0.6 is 11.3 Å². The zero-order chi connectivity index (χ0) is 14.8. The maximum atomic E-state index is 12.3. The average molecular weight is 309 g/mol. The zero-order valence-electron chi connectivity index (χ0n) is 12.7. The molecule has 0 aliphatic carbocycles. The Kier molecular flexibility index (Phi) is 4.59. The number of carbonyl (C=O) groups is 1. The Balaban J connectivity index is 1.69. The predicted octanol–water partition coefficient (Wildman–Crippen LogP) is 1.21. The summed E-state index contributed by atoms with van der Waals surface area (Å²) in [6.07, 6.45) is 0.0345. The third-order valence-electron chi connectivity index (χ3n) is 4.14. The largest absolute Gasteiger partial charge is 0.379 e. The van der Waals surface area contributed by atoms with Gasteiger partial charge in [-0.1, -0.05) is 0 Å². The molecule has 0 bridgehead atoms. The molecule has 5 nitrogen and oxygen atoms in total. The standard InChI is InChI=1S/C15H23N3O2S/c1-11(10-17-5-7-20-8-6-17)18-14(19)9-16-15(18)13-4-3-12(2)21-13/h3-4,11,15-16H,5-10H2,1-2H3. The molecule has 2 fully saturated rings. The summed E-state index contributed by atoms with van der Waals surface area (Å²) in [5.74, 6) is 0.201. The third-order valence-corrected chi connectivity index (χ3v) is 5.20. The van der Waals surface area contributed by atoms with Crippen molar-refractivity contribution in [3.63, 3.8) is 0 Å². The second-order valence-electron chi connectivity index (χ2n) is 5.79. The number of thiophene rings is 1. The molecular weight excluding hydrogens is 286 g/mol. The molecule has 1 N–H and O–H groups in total. The highest BCUT2D eigenvalue weighted by Gasteiger charge is 2.36. The van der Waals surface area contributed by atoms with Gasteiger partial charge in [0.25, 0.3) is 0 Å². The molecule has 2 atom stereocenters. The Bertz CT molecular complexity index is 499. The lowest BCUT2D eigenvalue weighted by molar-refractivity contribution is -0.130. The third kappa shape index (κ3) is 3.29. The van der Waals surface area contributed by atoms with Crippen molar-refractivity contribution in [2.45, 2.75) is 26.1 Å². The van der Waals surface area contributed by atoms with E-state index in [2.05, 4.69) is 36.2 Å². The fourth-order valence-electron chi connectivity index (χ4n) is 3.10. The Morgan fingerprint density at radius 1 is 1.43 bits per heavy atom. The van der Waals surface area contributed by atoms with Crippen LogP contribution in [0.1, 0.15) is 22.8 Å². The minimum absolute atomic E-state index is 0.0345. The van der Waals surface area contributed by atoms with E-state index in [0.717, 1.165) is 32.8 Å². The summed E-state index contributed by atoms with van der Waals surface area (Å²) in [4.78, 5) is 19.2. The number of ether oxygens (including phenoxy) is 1. The molecule has 1 amide bonds. The summed E-state index contributed by atoms with van der Waals surface area (Å²) < 4.78 is 5.39. The zero-order valence-corrected chi connectivity index (χ0v) is 13.5. The van der Waals surface area contributed by atoms with Gasteiger partial charge in [-0.25, -0.2) is 0 Å². The van der Waals surface area contributed by atoms with Crippen LogP contribution in [-0.4, -0.2) is 61.1 Å². The van der Waals surface area contributed by atoms with Crippen molar-refractivity contribution >= 4 is 17.2 Å². The number of hydrogen-bond acceptors (Lipinski definition) is 5. The minimum Gasteiger partial charge on any atom is -0.379 e. The van der Waals surface area contributed by atoms with Crippen LogP contribution in [0, 0.1) is 6.92 Å². The van der Waals surface area contributed by atoms with E-state index in [0.29, 0.717) is 6.54 Å². The molecule has 6 heteroatoms. The van der Waals surface area contributed by atoms with E-state index in [9.17, 15) is 4.79 Å². The maximum Gasteiger partial charge on any atom is 0.238 e. The first-order valence-electron chi connectivity index (χ1n) is 7.56. The lowest BCUT2D eigenvalue weighted by atomic mass is 10.2. The molecule has 3 heterocycles. The van der Waals surface area contributed by atoms with E-state index in [4.69, 9.17) is 4.74 Å². The van der Waals surface area contributed by atoms with Gasteiger partial charge in [0.2, 0.25) is 5.91 Å². The summed E-state index contributed by atoms with van der Waals surface area (Å²) in [6.45, 7) is 9.12. The molecule has 1 aromatic heterocycles. The van der Waals surface area contributed by atoms with Gasteiger partial charge in [-0.15, -0.1) is 11.3 Å². The smallest absolute Gasteiger partial charge is 0.238 e. The molecule has 0 spiro atoms. The minimum atomic E-state index is 0.0345. The number of amides is 1. The van der Waals surface area contributed by atoms with Crippen molar-refractivity contribution in [3.05, 3.63) is 21.9 Å². The Morgan fingerprint density at radius 3 is 2.86 bits per heavy atom. The van der Waals surface area contributed by atoms with E-state index in [1.54, 1.807) is 11.3 Å². The van der Waals surface area contributed by atoms with Crippen LogP contribution in [0.25, 0.3) is 0 Å². The molecule has 2 unspecified atom stereocenters. The summed E-state index contributed by atoms with van der Waals surface area (Å²) in [5, 5.41) is 3.35. The lowest BCUT2D eigenvalue weighted by Crippen LogP contribution is -2.47. The van der Waals surface area contributed by atoms with Gasteiger partial charge in [0.05, 0.1) is 19.8 Å². The number of carbonyl (C=O) groups excluding carboxylic acids is 1. The van der Waals surface area contributed by atoms with Crippen molar-refractivity contribution in [2.24, 2.45) is 0 Å². The van der Waals surface area contributed by atoms with Gasteiger partial charge < -0.3 is 9.64 Å². The van der Waals surface area contributed by atoms with E-state index >= 15 is 0 Å². The van der Waals surface area contributed by atoms with E-state index in [-0.39, 0.29) is 18.1 Å². The van der Waals surface area contributed by atoms with Crippen molar-refractivity contribution in [1.29, 1.82) is 0 Å². The van der Waals surface area contributed by atoms with Crippen LogP contribution in [0.5, 0.6) is 0 Å². The van der Waals surface area contributed by atoms with Crippen LogP contribution in [0.3, 0.4) is 0 Å². The molecule has 21 heavy (non-hydrogen) atoms. The molecule has 1 aromatic rings. The maximum absolute atomic E-state index is 12.3. The van der Waals surface area contributed by atoms with Crippen molar-refractivity contribution < 1.29 is 9.53 Å². The van der Waals surface area contributed by atoms with E-state index in [1.807, 2.05) is 4.90 Å². The van der Waals surface area contributed by atoms with Crippen LogP contribution < -0.4 is 5.32 Å². The van der Waals surface area contributed by atoms with Crippen molar-refractivity contribution in [2.75, 3.05) is 39.4 Å². The number of aryl methyl sites for hydroxylation is 1. The van der Waals surface area contributed by atoms with Gasteiger partial charge in [0.15, 0.2) is 0 Å². The van der Waals surface area contributed by atoms with Gasteiger partial charge in [-0.05, 0) is 26.0 Å². The first kappa shape index (κ1) is 15.0. The highest BCUT2D eigenvalue weighted by Crippen LogP contribution is 2.30. The number of hydrogen-bond donors (Lipinski definition) is 1. The number of nitrogens with one attached hydrogen (secondary N) is 1. The Labute approximate surface area is 129 Å². The molecule has 116 valence electrons. The van der Waals surface area contributed by atoms with E-state index in [1.165, 1.54) is 9.75 Å². The molecule has 3 rings (SSSR count). The van der Waals surface area contributed by atoms with Gasteiger partial charge >= 0.3 is 0 Å². The first-order valence-corrected chi connectivity index (χ1v) is 8.38. The molecule has 2 aliphatic heterocycles. The predicted molar refractivity (Wildman–Crippen MR) is 83.4 cm³/mol. The summed E-state index contributed by atoms with van der Waals surface area (Å²) in [5.41, 5.74) is 0. The fourth-order valence-corrected chi connectivity index (χ4v) is 4.05. The van der Waals surface area contributed by atoms with Gasteiger partial charge in [0.1, 0.15) is 6.17 Å². The SMILES string of the molecule is Cc1ccc(C2NCC(=O)N2C(C)CN2CCOCC2)s1. The second kappa shape index (κ2) is 6.44.